The summed E-state index contributed by atoms with van der Waals surface area (Å²) in [6.07, 6.45) is 2.47. The van der Waals surface area contributed by atoms with Crippen molar-refractivity contribution in [3.8, 4) is 0 Å². The van der Waals surface area contributed by atoms with Crippen molar-refractivity contribution in [1.29, 1.82) is 0 Å². The predicted molar refractivity (Wildman–Crippen MR) is 61.6 cm³/mol. The number of anilines is 1. The molecule has 0 atom stereocenters. The van der Waals surface area contributed by atoms with E-state index in [1.165, 1.54) is 0 Å². The molecule has 0 radical (unpaired) electrons. The number of amides is 1. The quantitative estimate of drug-likeness (QED) is 0.788. The summed E-state index contributed by atoms with van der Waals surface area (Å²) in [5.74, 6) is 1.31. The van der Waals surface area contributed by atoms with Crippen LogP contribution in [0, 0.1) is 6.92 Å². The molecule has 0 unspecified atom stereocenters. The maximum absolute atomic E-state index is 11.4. The van der Waals surface area contributed by atoms with Crippen LogP contribution >= 0.6 is 11.6 Å². The minimum absolute atomic E-state index is 0.00447. The van der Waals surface area contributed by atoms with Crippen molar-refractivity contribution in [3.63, 3.8) is 0 Å². The smallest absolute Gasteiger partial charge is 0.239 e. The second kappa shape index (κ2) is 4.65. The summed E-state index contributed by atoms with van der Waals surface area (Å²) >= 11 is 6.03. The lowest BCUT2D eigenvalue weighted by Crippen LogP contribution is -2.33. The summed E-state index contributed by atoms with van der Waals surface area (Å²) < 4.78 is 0. The van der Waals surface area contributed by atoms with Crippen LogP contribution in [0.1, 0.15) is 12.2 Å². The van der Waals surface area contributed by atoms with Gasteiger partial charge in [-0.15, -0.1) is 0 Å². The van der Waals surface area contributed by atoms with Gasteiger partial charge in [0.2, 0.25) is 5.91 Å². The molecule has 16 heavy (non-hydrogen) atoms. The average molecular weight is 241 g/mol. The van der Waals surface area contributed by atoms with E-state index in [0.29, 0.717) is 29.8 Å². The lowest BCUT2D eigenvalue weighted by molar-refractivity contribution is -0.119. The van der Waals surface area contributed by atoms with Gasteiger partial charge >= 0.3 is 0 Å². The van der Waals surface area contributed by atoms with E-state index in [1.54, 1.807) is 13.1 Å². The highest BCUT2D eigenvalue weighted by Gasteiger charge is 2.18. The van der Waals surface area contributed by atoms with Crippen LogP contribution in [0.2, 0.25) is 5.02 Å². The lowest BCUT2D eigenvalue weighted by atomic mass is 10.4. The third-order valence-corrected chi connectivity index (χ3v) is 2.67. The second-order valence-corrected chi connectivity index (χ2v) is 4.12. The van der Waals surface area contributed by atoms with E-state index in [-0.39, 0.29) is 5.91 Å². The maximum atomic E-state index is 11.4. The minimum Gasteiger partial charge on any atom is -0.354 e. The number of halogens is 1. The number of carbonyl (C=O) groups is 1. The highest BCUT2D eigenvalue weighted by molar-refractivity contribution is 6.32. The van der Waals surface area contributed by atoms with Gasteiger partial charge < -0.3 is 10.2 Å². The van der Waals surface area contributed by atoms with Gasteiger partial charge in [-0.25, -0.2) is 9.97 Å². The van der Waals surface area contributed by atoms with Crippen molar-refractivity contribution < 1.29 is 4.79 Å². The number of hydrogen-bond donors (Lipinski definition) is 1. The molecular formula is C10H13ClN4O. The highest BCUT2D eigenvalue weighted by atomic mass is 35.5. The first-order chi connectivity index (χ1) is 7.66. The number of carbonyl (C=O) groups excluding carboxylic acids is 1. The Morgan fingerprint density at radius 1 is 1.56 bits per heavy atom. The SMILES string of the molecule is Cc1ncc(Cl)c(N2CCCNC(=O)C2)n1. The molecule has 0 aliphatic carbocycles. The van der Waals surface area contributed by atoms with Gasteiger partial charge in [-0.1, -0.05) is 11.6 Å². The summed E-state index contributed by atoms with van der Waals surface area (Å²) in [6, 6.07) is 0. The van der Waals surface area contributed by atoms with Gasteiger partial charge in [0.15, 0.2) is 5.82 Å². The van der Waals surface area contributed by atoms with Crippen molar-refractivity contribution in [3.05, 3.63) is 17.0 Å². The number of aromatic nitrogens is 2. The average Bonchev–Trinajstić information content (AvgIpc) is 2.46. The van der Waals surface area contributed by atoms with E-state index >= 15 is 0 Å². The van der Waals surface area contributed by atoms with Gasteiger partial charge in [-0.3, -0.25) is 4.79 Å². The Morgan fingerprint density at radius 3 is 3.19 bits per heavy atom. The van der Waals surface area contributed by atoms with E-state index in [9.17, 15) is 4.79 Å². The molecule has 86 valence electrons. The summed E-state index contributed by atoms with van der Waals surface area (Å²) in [6.45, 7) is 3.58. The number of aryl methyl sites for hydroxylation is 1. The van der Waals surface area contributed by atoms with Crippen molar-refractivity contribution >= 4 is 23.3 Å². The van der Waals surface area contributed by atoms with Crippen molar-refractivity contribution in [1.82, 2.24) is 15.3 Å². The van der Waals surface area contributed by atoms with Crippen LogP contribution in [-0.2, 0) is 4.79 Å². The maximum Gasteiger partial charge on any atom is 0.239 e. The Morgan fingerprint density at radius 2 is 2.38 bits per heavy atom. The summed E-state index contributed by atoms with van der Waals surface area (Å²) in [5.41, 5.74) is 0. The number of nitrogens with one attached hydrogen (secondary N) is 1. The van der Waals surface area contributed by atoms with Gasteiger partial charge in [-0.05, 0) is 13.3 Å². The van der Waals surface area contributed by atoms with Crippen LogP contribution in [0.25, 0.3) is 0 Å². The molecule has 1 aromatic heterocycles. The molecule has 1 fully saturated rings. The Balaban J connectivity index is 2.27. The van der Waals surface area contributed by atoms with Crippen LogP contribution in [0.5, 0.6) is 0 Å². The number of hydrogen-bond acceptors (Lipinski definition) is 4. The molecule has 0 spiro atoms. The summed E-state index contributed by atoms with van der Waals surface area (Å²) in [7, 11) is 0. The standard InChI is InChI=1S/C10H13ClN4O/c1-7-13-5-8(11)10(14-7)15-4-2-3-12-9(16)6-15/h5H,2-4,6H2,1H3,(H,12,16). The minimum atomic E-state index is 0.00447. The van der Waals surface area contributed by atoms with Crippen molar-refractivity contribution in [2.75, 3.05) is 24.5 Å². The van der Waals surface area contributed by atoms with Crippen molar-refractivity contribution in [2.45, 2.75) is 13.3 Å². The summed E-state index contributed by atoms with van der Waals surface area (Å²) in [5, 5.41) is 3.30. The first-order valence-corrected chi connectivity index (χ1v) is 5.55. The third-order valence-electron chi connectivity index (χ3n) is 2.41. The Bertz CT molecular complexity index is 410. The van der Waals surface area contributed by atoms with Gasteiger partial charge in [0.25, 0.3) is 0 Å². The molecule has 1 aliphatic heterocycles. The topological polar surface area (TPSA) is 58.1 Å². The lowest BCUT2D eigenvalue weighted by Gasteiger charge is -2.21. The normalized spacial score (nSPS) is 16.9. The van der Waals surface area contributed by atoms with Crippen LogP contribution in [0.4, 0.5) is 5.82 Å². The van der Waals surface area contributed by atoms with E-state index < -0.39 is 0 Å². The first kappa shape index (κ1) is 11.1. The molecule has 1 aromatic rings. The molecule has 1 saturated heterocycles. The molecule has 2 heterocycles. The molecular weight excluding hydrogens is 228 g/mol. The van der Waals surface area contributed by atoms with Crippen LogP contribution in [0.15, 0.2) is 6.20 Å². The molecule has 5 nitrogen and oxygen atoms in total. The molecule has 1 amide bonds. The molecule has 0 saturated carbocycles. The zero-order valence-electron chi connectivity index (χ0n) is 9.03. The fraction of sp³-hybridized carbons (Fsp3) is 0.500. The summed E-state index contributed by atoms with van der Waals surface area (Å²) in [4.78, 5) is 21.6. The molecule has 0 bridgehead atoms. The predicted octanol–water partition coefficient (Wildman–Crippen LogP) is 0.765. The Hall–Kier alpha value is -1.36. The molecule has 6 heteroatoms. The van der Waals surface area contributed by atoms with Gasteiger partial charge in [0.1, 0.15) is 10.8 Å². The Labute approximate surface area is 98.8 Å². The highest BCUT2D eigenvalue weighted by Crippen LogP contribution is 2.22. The molecule has 0 aromatic carbocycles. The van der Waals surface area contributed by atoms with Gasteiger partial charge in [0, 0.05) is 13.1 Å². The second-order valence-electron chi connectivity index (χ2n) is 3.71. The van der Waals surface area contributed by atoms with Gasteiger partial charge in [0.05, 0.1) is 12.7 Å². The zero-order valence-corrected chi connectivity index (χ0v) is 9.79. The Kier molecular flexibility index (Phi) is 3.24. The van der Waals surface area contributed by atoms with Crippen molar-refractivity contribution in [2.24, 2.45) is 0 Å². The number of nitrogens with zero attached hydrogens (tertiary/aromatic N) is 3. The first-order valence-electron chi connectivity index (χ1n) is 5.17. The fourth-order valence-corrected chi connectivity index (χ4v) is 1.86. The van der Waals surface area contributed by atoms with Gasteiger partial charge in [-0.2, -0.15) is 0 Å². The molecule has 1 aliphatic rings. The number of rotatable bonds is 1. The van der Waals surface area contributed by atoms with Crippen LogP contribution in [0.3, 0.4) is 0 Å². The molecule has 2 rings (SSSR count). The van der Waals surface area contributed by atoms with E-state index in [2.05, 4.69) is 15.3 Å². The molecule has 1 N–H and O–H groups in total. The largest absolute Gasteiger partial charge is 0.354 e. The van der Waals surface area contributed by atoms with Crippen LogP contribution < -0.4 is 10.2 Å². The van der Waals surface area contributed by atoms with E-state index in [0.717, 1.165) is 13.0 Å². The van der Waals surface area contributed by atoms with Crippen LogP contribution in [-0.4, -0.2) is 35.5 Å². The van der Waals surface area contributed by atoms with E-state index in [1.807, 2.05) is 4.90 Å². The fourth-order valence-electron chi connectivity index (χ4n) is 1.65. The zero-order chi connectivity index (χ0) is 11.5. The monoisotopic (exact) mass is 240 g/mol. The van der Waals surface area contributed by atoms with E-state index in [4.69, 9.17) is 11.6 Å². The third kappa shape index (κ3) is 2.41.